The van der Waals surface area contributed by atoms with E-state index in [1.807, 2.05) is 0 Å². The van der Waals surface area contributed by atoms with E-state index < -0.39 is 0 Å². The Morgan fingerprint density at radius 2 is 2.40 bits per heavy atom. The first-order valence-electron chi connectivity index (χ1n) is 4.13. The van der Waals surface area contributed by atoms with Crippen LogP contribution in [0.1, 0.15) is 19.3 Å². The molecule has 1 aliphatic carbocycles. The maximum Gasteiger partial charge on any atom is 0.0661 e. The highest BCUT2D eigenvalue weighted by Gasteiger charge is 2.70. The standard InChI is InChI=1S/C8H12O2/c9-4-8-3-5(8)6-1-2-7(8)10-6/h5-7,9H,1-4H2. The number of rotatable bonds is 1. The maximum absolute atomic E-state index is 9.11. The van der Waals surface area contributed by atoms with Gasteiger partial charge in [0.05, 0.1) is 18.8 Å². The van der Waals surface area contributed by atoms with Crippen molar-refractivity contribution in [1.82, 2.24) is 0 Å². The fraction of sp³-hybridized carbons (Fsp3) is 1.00. The third kappa shape index (κ3) is 0.397. The van der Waals surface area contributed by atoms with Gasteiger partial charge in [-0.05, 0) is 25.2 Å². The van der Waals surface area contributed by atoms with E-state index in [0.29, 0.717) is 18.8 Å². The molecule has 0 aromatic rings. The SMILES string of the molecule is OCC12CC1C1CCC2O1. The van der Waals surface area contributed by atoms with E-state index in [0.717, 1.165) is 5.92 Å². The molecule has 2 heteroatoms. The summed E-state index contributed by atoms with van der Waals surface area (Å²) in [6.07, 6.45) is 4.63. The topological polar surface area (TPSA) is 29.5 Å². The monoisotopic (exact) mass is 140 g/mol. The van der Waals surface area contributed by atoms with Crippen molar-refractivity contribution >= 4 is 0 Å². The van der Waals surface area contributed by atoms with Gasteiger partial charge in [-0.3, -0.25) is 0 Å². The Kier molecular flexibility index (Phi) is 0.783. The van der Waals surface area contributed by atoms with Crippen LogP contribution in [0.2, 0.25) is 0 Å². The molecule has 1 saturated carbocycles. The lowest BCUT2D eigenvalue weighted by atomic mass is 9.89. The third-order valence-corrected chi connectivity index (χ3v) is 3.62. The smallest absolute Gasteiger partial charge is 0.0661 e. The van der Waals surface area contributed by atoms with Crippen molar-refractivity contribution in [1.29, 1.82) is 0 Å². The predicted molar refractivity (Wildman–Crippen MR) is 35.5 cm³/mol. The van der Waals surface area contributed by atoms with Gasteiger partial charge in [-0.2, -0.15) is 0 Å². The average molecular weight is 140 g/mol. The minimum absolute atomic E-state index is 0.253. The summed E-state index contributed by atoms with van der Waals surface area (Å²) in [5, 5.41) is 9.11. The van der Waals surface area contributed by atoms with Crippen molar-refractivity contribution in [3.63, 3.8) is 0 Å². The first kappa shape index (κ1) is 5.56. The molecular formula is C8H12O2. The molecule has 2 aliphatic heterocycles. The van der Waals surface area contributed by atoms with Crippen LogP contribution in [0.3, 0.4) is 0 Å². The minimum Gasteiger partial charge on any atom is -0.396 e. The zero-order valence-corrected chi connectivity index (χ0v) is 5.92. The van der Waals surface area contributed by atoms with Crippen molar-refractivity contribution in [3.8, 4) is 0 Å². The number of fused-ring (bicyclic) bond motifs is 5. The van der Waals surface area contributed by atoms with E-state index in [-0.39, 0.29) is 5.41 Å². The first-order valence-corrected chi connectivity index (χ1v) is 4.13. The second-order valence-corrected chi connectivity index (χ2v) is 3.94. The van der Waals surface area contributed by atoms with Crippen molar-refractivity contribution in [2.75, 3.05) is 6.61 Å². The Bertz CT molecular complexity index is 180. The molecule has 2 heterocycles. The predicted octanol–water partition coefficient (Wildman–Crippen LogP) is 0.546. The highest BCUT2D eigenvalue weighted by Crippen LogP contribution is 2.68. The van der Waals surface area contributed by atoms with Gasteiger partial charge in [0, 0.05) is 5.41 Å². The Morgan fingerprint density at radius 1 is 1.50 bits per heavy atom. The molecule has 4 unspecified atom stereocenters. The Labute approximate surface area is 60.2 Å². The first-order chi connectivity index (χ1) is 4.87. The molecule has 2 nitrogen and oxygen atoms in total. The Balaban J connectivity index is 1.95. The van der Waals surface area contributed by atoms with Crippen LogP contribution >= 0.6 is 0 Å². The molecule has 0 aromatic carbocycles. The molecule has 0 spiro atoms. The van der Waals surface area contributed by atoms with Gasteiger partial charge in [-0.25, -0.2) is 0 Å². The zero-order valence-electron chi connectivity index (χ0n) is 5.92. The summed E-state index contributed by atoms with van der Waals surface area (Å²) in [5.74, 6) is 0.733. The van der Waals surface area contributed by atoms with Crippen molar-refractivity contribution in [2.45, 2.75) is 31.5 Å². The summed E-state index contributed by atoms with van der Waals surface area (Å²) in [6.45, 7) is 0.360. The maximum atomic E-state index is 9.11. The lowest BCUT2D eigenvalue weighted by Gasteiger charge is -2.16. The number of ether oxygens (including phenoxy) is 1. The highest BCUT2D eigenvalue weighted by molar-refractivity contribution is 5.17. The lowest BCUT2D eigenvalue weighted by Crippen LogP contribution is -2.23. The number of hydrogen-bond acceptors (Lipinski definition) is 2. The molecule has 3 aliphatic rings. The summed E-state index contributed by atoms with van der Waals surface area (Å²) in [7, 11) is 0. The van der Waals surface area contributed by atoms with Gasteiger partial charge in [0.15, 0.2) is 0 Å². The van der Waals surface area contributed by atoms with Crippen molar-refractivity contribution < 1.29 is 9.84 Å². The lowest BCUT2D eigenvalue weighted by molar-refractivity contribution is 0.0386. The van der Waals surface area contributed by atoms with Crippen LogP contribution in [0.15, 0.2) is 0 Å². The molecule has 2 bridgehead atoms. The van der Waals surface area contributed by atoms with Crippen LogP contribution in [-0.2, 0) is 4.74 Å². The zero-order chi connectivity index (χ0) is 6.77. The van der Waals surface area contributed by atoms with Gasteiger partial charge in [0.2, 0.25) is 0 Å². The van der Waals surface area contributed by atoms with Crippen LogP contribution in [0, 0.1) is 11.3 Å². The summed E-state index contributed by atoms with van der Waals surface area (Å²) in [5.41, 5.74) is 0.253. The molecule has 0 aromatic heterocycles. The van der Waals surface area contributed by atoms with Gasteiger partial charge in [0.1, 0.15) is 0 Å². The van der Waals surface area contributed by atoms with Crippen LogP contribution in [0.5, 0.6) is 0 Å². The van der Waals surface area contributed by atoms with E-state index in [1.54, 1.807) is 0 Å². The van der Waals surface area contributed by atoms with Crippen LogP contribution < -0.4 is 0 Å². The molecule has 0 radical (unpaired) electrons. The average Bonchev–Trinajstić information content (AvgIpc) is 2.47. The van der Waals surface area contributed by atoms with E-state index >= 15 is 0 Å². The van der Waals surface area contributed by atoms with Crippen molar-refractivity contribution in [2.24, 2.45) is 11.3 Å². The Morgan fingerprint density at radius 3 is 2.90 bits per heavy atom. The fourth-order valence-electron chi connectivity index (χ4n) is 2.89. The van der Waals surface area contributed by atoms with Gasteiger partial charge in [-0.15, -0.1) is 0 Å². The molecule has 3 fully saturated rings. The van der Waals surface area contributed by atoms with E-state index in [4.69, 9.17) is 9.84 Å². The molecular weight excluding hydrogens is 128 g/mol. The van der Waals surface area contributed by atoms with E-state index in [1.165, 1.54) is 19.3 Å². The van der Waals surface area contributed by atoms with Gasteiger partial charge in [0.25, 0.3) is 0 Å². The van der Waals surface area contributed by atoms with Crippen molar-refractivity contribution in [3.05, 3.63) is 0 Å². The molecule has 2 saturated heterocycles. The second kappa shape index (κ2) is 1.41. The van der Waals surface area contributed by atoms with Gasteiger partial charge >= 0.3 is 0 Å². The Hall–Kier alpha value is -0.0800. The number of hydrogen-bond donors (Lipinski definition) is 1. The summed E-state index contributed by atoms with van der Waals surface area (Å²) in [6, 6.07) is 0. The normalized spacial score (nSPS) is 62.7. The molecule has 10 heavy (non-hydrogen) atoms. The highest BCUT2D eigenvalue weighted by atomic mass is 16.5. The second-order valence-electron chi connectivity index (χ2n) is 3.94. The van der Waals surface area contributed by atoms with Gasteiger partial charge < -0.3 is 9.84 Å². The molecule has 1 N–H and O–H groups in total. The summed E-state index contributed by atoms with van der Waals surface area (Å²) < 4.78 is 5.67. The molecule has 56 valence electrons. The van der Waals surface area contributed by atoms with Crippen LogP contribution in [0.25, 0.3) is 0 Å². The third-order valence-electron chi connectivity index (χ3n) is 3.62. The fourth-order valence-corrected chi connectivity index (χ4v) is 2.89. The van der Waals surface area contributed by atoms with Gasteiger partial charge in [-0.1, -0.05) is 0 Å². The summed E-state index contributed by atoms with van der Waals surface area (Å²) in [4.78, 5) is 0. The summed E-state index contributed by atoms with van der Waals surface area (Å²) >= 11 is 0. The molecule has 0 amide bonds. The van der Waals surface area contributed by atoms with Crippen LogP contribution in [-0.4, -0.2) is 23.9 Å². The largest absolute Gasteiger partial charge is 0.396 e. The minimum atomic E-state index is 0.253. The number of aliphatic hydroxyl groups is 1. The molecule has 3 rings (SSSR count). The molecule has 4 atom stereocenters. The number of aliphatic hydroxyl groups excluding tert-OH is 1. The van der Waals surface area contributed by atoms with Crippen LogP contribution in [0.4, 0.5) is 0 Å². The van der Waals surface area contributed by atoms with E-state index in [2.05, 4.69) is 0 Å². The van der Waals surface area contributed by atoms with E-state index in [9.17, 15) is 0 Å². The quantitative estimate of drug-likeness (QED) is 0.576.